The van der Waals surface area contributed by atoms with Crippen LogP contribution >= 0.6 is 11.3 Å². The van der Waals surface area contributed by atoms with Crippen LogP contribution in [0, 0.1) is 0 Å². The lowest BCUT2D eigenvalue weighted by Gasteiger charge is -2.15. The van der Waals surface area contributed by atoms with Crippen molar-refractivity contribution in [1.29, 1.82) is 0 Å². The van der Waals surface area contributed by atoms with Gasteiger partial charge in [0.2, 0.25) is 0 Å². The average molecular weight is 274 g/mol. The van der Waals surface area contributed by atoms with Gasteiger partial charge < -0.3 is 5.73 Å². The molecule has 0 saturated heterocycles. The Balaban J connectivity index is 2.59. The van der Waals surface area contributed by atoms with Crippen LogP contribution in [0.25, 0.3) is 4.96 Å². The third-order valence-corrected chi connectivity index (χ3v) is 5.09. The maximum absolute atomic E-state index is 12.3. The van der Waals surface area contributed by atoms with Crippen molar-refractivity contribution in [2.75, 3.05) is 19.3 Å². The Bertz CT molecular complexity index is 629. The van der Waals surface area contributed by atoms with E-state index in [0.29, 0.717) is 11.5 Å². The second kappa shape index (κ2) is 4.28. The lowest BCUT2D eigenvalue weighted by Crippen LogP contribution is -2.29. The number of imidazole rings is 1. The number of hydrogen-bond acceptors (Lipinski definition) is 5. The molecular weight excluding hydrogens is 260 g/mol. The number of thiazole rings is 1. The summed E-state index contributed by atoms with van der Waals surface area (Å²) in [5.41, 5.74) is 5.69. The van der Waals surface area contributed by atoms with Crippen molar-refractivity contribution in [3.63, 3.8) is 0 Å². The number of rotatable bonds is 4. The molecular formula is C9H14N4O2S2. The zero-order chi connectivity index (χ0) is 12.6. The summed E-state index contributed by atoms with van der Waals surface area (Å²) in [5, 5.41) is 1.84. The van der Waals surface area contributed by atoms with E-state index in [-0.39, 0.29) is 10.8 Å². The first kappa shape index (κ1) is 12.3. The van der Waals surface area contributed by atoms with E-state index in [1.165, 1.54) is 20.0 Å². The van der Waals surface area contributed by atoms with Crippen LogP contribution in [-0.4, -0.2) is 35.7 Å². The fourth-order valence-electron chi connectivity index (χ4n) is 1.62. The van der Waals surface area contributed by atoms with E-state index in [0.717, 1.165) is 6.42 Å². The highest BCUT2D eigenvalue weighted by Crippen LogP contribution is 2.25. The molecule has 2 aromatic rings. The van der Waals surface area contributed by atoms with Gasteiger partial charge in [-0.1, -0.05) is 6.92 Å². The number of nitrogen functional groups attached to an aromatic ring is 1. The molecule has 2 heterocycles. The van der Waals surface area contributed by atoms with Crippen LogP contribution in [0.4, 0.5) is 5.82 Å². The van der Waals surface area contributed by atoms with Crippen molar-refractivity contribution in [1.82, 2.24) is 13.7 Å². The van der Waals surface area contributed by atoms with Crippen molar-refractivity contribution in [2.45, 2.75) is 18.4 Å². The quantitative estimate of drug-likeness (QED) is 0.902. The van der Waals surface area contributed by atoms with Gasteiger partial charge in [-0.3, -0.25) is 4.40 Å². The third-order valence-electron chi connectivity index (χ3n) is 2.44. The van der Waals surface area contributed by atoms with Crippen LogP contribution < -0.4 is 5.73 Å². The summed E-state index contributed by atoms with van der Waals surface area (Å²) in [6.45, 7) is 2.38. The lowest BCUT2D eigenvalue weighted by atomic mass is 10.5. The van der Waals surface area contributed by atoms with Crippen molar-refractivity contribution >= 4 is 32.1 Å². The lowest BCUT2D eigenvalue weighted by molar-refractivity contribution is 0.465. The number of sulfonamides is 1. The molecule has 0 spiro atoms. The van der Waals surface area contributed by atoms with E-state index in [9.17, 15) is 8.42 Å². The molecule has 2 rings (SSSR count). The van der Waals surface area contributed by atoms with Crippen molar-refractivity contribution < 1.29 is 8.42 Å². The summed E-state index contributed by atoms with van der Waals surface area (Å²) in [5.74, 6) is 0.0554. The molecule has 2 N–H and O–H groups in total. The summed E-state index contributed by atoms with van der Waals surface area (Å²) in [7, 11) is -2.02. The van der Waals surface area contributed by atoms with Gasteiger partial charge >= 0.3 is 0 Å². The molecule has 0 bridgehead atoms. The molecule has 0 amide bonds. The molecule has 0 aromatic carbocycles. The second-order valence-electron chi connectivity index (χ2n) is 3.68. The molecule has 0 aliphatic heterocycles. The van der Waals surface area contributed by atoms with E-state index in [4.69, 9.17) is 5.73 Å². The molecule has 0 unspecified atom stereocenters. The summed E-state index contributed by atoms with van der Waals surface area (Å²) < 4.78 is 27.4. The normalized spacial score (nSPS) is 12.6. The molecule has 17 heavy (non-hydrogen) atoms. The Kier molecular flexibility index (Phi) is 3.11. The Morgan fingerprint density at radius 1 is 1.59 bits per heavy atom. The van der Waals surface area contributed by atoms with Crippen LogP contribution in [0.1, 0.15) is 13.3 Å². The molecule has 6 nitrogen and oxygen atoms in total. The molecule has 8 heteroatoms. The Labute approximate surface area is 104 Å². The number of hydrogen-bond donors (Lipinski definition) is 1. The van der Waals surface area contributed by atoms with Crippen LogP contribution in [0.2, 0.25) is 0 Å². The highest BCUT2D eigenvalue weighted by Gasteiger charge is 2.28. The molecule has 0 radical (unpaired) electrons. The second-order valence-corrected chi connectivity index (χ2v) is 6.52. The van der Waals surface area contributed by atoms with Crippen LogP contribution in [-0.2, 0) is 10.0 Å². The molecule has 0 aliphatic carbocycles. The molecule has 0 saturated carbocycles. The Morgan fingerprint density at radius 3 is 2.94 bits per heavy atom. The van der Waals surface area contributed by atoms with Gasteiger partial charge in [0, 0.05) is 25.2 Å². The molecule has 0 fully saturated rings. The number of anilines is 1. The topological polar surface area (TPSA) is 80.7 Å². The van der Waals surface area contributed by atoms with E-state index in [2.05, 4.69) is 4.98 Å². The number of nitrogens with zero attached hydrogens (tertiary/aromatic N) is 3. The van der Waals surface area contributed by atoms with E-state index in [1.807, 2.05) is 6.92 Å². The summed E-state index contributed by atoms with van der Waals surface area (Å²) in [6.07, 6.45) is 2.41. The summed E-state index contributed by atoms with van der Waals surface area (Å²) >= 11 is 1.35. The minimum atomic E-state index is -3.57. The van der Waals surface area contributed by atoms with E-state index in [1.54, 1.807) is 18.6 Å². The van der Waals surface area contributed by atoms with Gasteiger partial charge in [-0.25, -0.2) is 13.4 Å². The first-order chi connectivity index (χ1) is 7.98. The fourth-order valence-corrected chi connectivity index (χ4v) is 3.82. The monoisotopic (exact) mass is 274 g/mol. The first-order valence-corrected chi connectivity index (χ1v) is 7.47. The van der Waals surface area contributed by atoms with Gasteiger partial charge in [-0.15, -0.1) is 11.3 Å². The van der Waals surface area contributed by atoms with Gasteiger partial charge in [0.25, 0.3) is 10.0 Å². The molecule has 0 aliphatic rings. The Morgan fingerprint density at radius 2 is 2.29 bits per heavy atom. The van der Waals surface area contributed by atoms with Crippen molar-refractivity contribution in [3.05, 3.63) is 11.6 Å². The first-order valence-electron chi connectivity index (χ1n) is 5.16. The van der Waals surface area contributed by atoms with Gasteiger partial charge in [0.1, 0.15) is 0 Å². The molecule has 2 aromatic heterocycles. The molecule has 0 atom stereocenters. The van der Waals surface area contributed by atoms with Gasteiger partial charge in [0.05, 0.1) is 0 Å². The predicted octanol–water partition coefficient (Wildman–Crippen LogP) is 1.01. The van der Waals surface area contributed by atoms with Crippen LogP contribution in [0.15, 0.2) is 16.6 Å². The van der Waals surface area contributed by atoms with Crippen LogP contribution in [0.3, 0.4) is 0 Å². The number of aromatic nitrogens is 2. The van der Waals surface area contributed by atoms with Gasteiger partial charge in [-0.05, 0) is 6.42 Å². The highest BCUT2D eigenvalue weighted by atomic mass is 32.2. The van der Waals surface area contributed by atoms with E-state index < -0.39 is 10.0 Å². The van der Waals surface area contributed by atoms with E-state index >= 15 is 0 Å². The summed E-state index contributed by atoms with van der Waals surface area (Å²) in [4.78, 5) is 4.62. The van der Waals surface area contributed by atoms with Crippen molar-refractivity contribution in [2.24, 2.45) is 0 Å². The number of fused-ring (bicyclic) bond motifs is 1. The zero-order valence-corrected chi connectivity index (χ0v) is 11.3. The fraction of sp³-hybridized carbons (Fsp3) is 0.444. The zero-order valence-electron chi connectivity index (χ0n) is 9.62. The van der Waals surface area contributed by atoms with Gasteiger partial charge in [0.15, 0.2) is 15.8 Å². The standard InChI is InChI=1S/C9H14N4O2S2/c1-3-4-12(2)17(14,15)8-7(10)11-9-13(8)5-6-16-9/h5-6H,3-4,10H2,1-2H3. The SMILES string of the molecule is CCCN(C)S(=O)(=O)c1c(N)nc2sccn12. The summed E-state index contributed by atoms with van der Waals surface area (Å²) in [6, 6.07) is 0. The predicted molar refractivity (Wildman–Crippen MR) is 67.6 cm³/mol. The third kappa shape index (κ3) is 1.92. The van der Waals surface area contributed by atoms with Gasteiger partial charge in [-0.2, -0.15) is 4.31 Å². The maximum Gasteiger partial charge on any atom is 0.262 e. The largest absolute Gasteiger partial charge is 0.381 e. The average Bonchev–Trinajstić information content (AvgIpc) is 2.76. The minimum absolute atomic E-state index is 0.0554. The minimum Gasteiger partial charge on any atom is -0.381 e. The smallest absolute Gasteiger partial charge is 0.262 e. The van der Waals surface area contributed by atoms with Crippen LogP contribution in [0.5, 0.6) is 0 Å². The van der Waals surface area contributed by atoms with Crippen molar-refractivity contribution in [3.8, 4) is 0 Å². The molecule has 94 valence electrons. The highest BCUT2D eigenvalue weighted by molar-refractivity contribution is 7.89. The number of nitrogens with two attached hydrogens (primary N) is 1. The maximum atomic E-state index is 12.3. The Hall–Kier alpha value is -1.12.